The fraction of sp³-hybridized carbons (Fsp3) is 0. The van der Waals surface area contributed by atoms with Gasteiger partial charge in [-0.3, -0.25) is 5.22 Å². The standard InChI is InChI=1S/C14H8N8O/c15-21-17-11-5-1-9(2-6-11)13-19-20-14(23-13)10-3-7-12(8-4-10)18-22-16/h1-8H. The molecule has 0 saturated heterocycles. The summed E-state index contributed by atoms with van der Waals surface area (Å²) in [4.78, 5) is 0. The summed E-state index contributed by atoms with van der Waals surface area (Å²) < 4.78 is 5.63. The van der Waals surface area contributed by atoms with Crippen LogP contribution in [0.1, 0.15) is 0 Å². The Balaban J connectivity index is 1.97. The van der Waals surface area contributed by atoms with Crippen molar-refractivity contribution in [3.63, 3.8) is 0 Å². The van der Waals surface area contributed by atoms with Crippen LogP contribution in [0.25, 0.3) is 21.8 Å². The first-order chi connectivity index (χ1) is 11.3. The van der Waals surface area contributed by atoms with E-state index >= 15 is 0 Å². The molecule has 2 aliphatic rings. The highest BCUT2D eigenvalue weighted by Crippen LogP contribution is 2.07. The average Bonchev–Trinajstić information content (AvgIpc) is 3.07. The molecule has 0 aromatic carbocycles. The van der Waals surface area contributed by atoms with E-state index in [9.17, 15) is 0 Å². The lowest BCUT2D eigenvalue weighted by Crippen LogP contribution is -2.09. The van der Waals surface area contributed by atoms with Crippen LogP contribution in [0.15, 0.2) is 68.5 Å². The molecule has 0 atom stereocenters. The molecule has 0 spiro atoms. The second-order valence-corrected chi connectivity index (χ2v) is 4.39. The molecule has 110 valence electrons. The van der Waals surface area contributed by atoms with Crippen molar-refractivity contribution >= 4 is 22.6 Å². The third-order valence-electron chi connectivity index (χ3n) is 2.97. The molecule has 9 nitrogen and oxygen atoms in total. The normalized spacial score (nSPS) is 15.8. The molecule has 0 N–H and O–H groups in total. The summed E-state index contributed by atoms with van der Waals surface area (Å²) in [6.07, 6.45) is 13.6. The summed E-state index contributed by atoms with van der Waals surface area (Å²) in [5, 5.41) is 28.8. The smallest absolute Gasteiger partial charge is 0.339 e. The molecular formula is C14H8N8O. The molecular weight excluding hydrogens is 296 g/mol. The third-order valence-corrected chi connectivity index (χ3v) is 2.97. The van der Waals surface area contributed by atoms with Gasteiger partial charge >= 0.3 is 5.08 Å². The summed E-state index contributed by atoms with van der Waals surface area (Å²) >= 11 is 0. The van der Waals surface area contributed by atoms with E-state index < -0.39 is 0 Å². The monoisotopic (exact) mass is 304 g/mol. The number of rotatable bonds is 1. The molecule has 0 unspecified atom stereocenters. The van der Waals surface area contributed by atoms with E-state index in [2.05, 4.69) is 30.7 Å². The maximum Gasteiger partial charge on any atom is 0.339 e. The Kier molecular flexibility index (Phi) is 3.89. The van der Waals surface area contributed by atoms with Crippen molar-refractivity contribution in [1.29, 1.82) is 5.39 Å². The maximum atomic E-state index is 8.38. The van der Waals surface area contributed by atoms with Gasteiger partial charge in [-0.15, -0.1) is 10.2 Å². The van der Waals surface area contributed by atoms with Crippen LogP contribution in [0.4, 0.5) is 0 Å². The largest absolute Gasteiger partial charge is 0.416 e. The minimum atomic E-state index is 0.353. The van der Waals surface area contributed by atoms with Crippen LogP contribution >= 0.6 is 0 Å². The van der Waals surface area contributed by atoms with Gasteiger partial charge in [0.2, 0.25) is 11.1 Å². The van der Waals surface area contributed by atoms with Crippen molar-refractivity contribution in [1.82, 2.24) is 10.2 Å². The number of aromatic nitrogens is 2. The molecule has 0 radical (unpaired) electrons. The van der Waals surface area contributed by atoms with Crippen molar-refractivity contribution in [2.45, 2.75) is 0 Å². The van der Waals surface area contributed by atoms with E-state index in [1.807, 2.05) is 0 Å². The molecule has 0 bridgehead atoms. The van der Waals surface area contributed by atoms with Crippen LogP contribution in [0.5, 0.6) is 0 Å². The highest BCUT2D eigenvalue weighted by molar-refractivity contribution is 6.09. The Labute approximate surface area is 129 Å². The van der Waals surface area contributed by atoms with Gasteiger partial charge in [-0.05, 0) is 42.2 Å². The fourth-order valence-electron chi connectivity index (χ4n) is 1.90. The second kappa shape index (κ2) is 6.31. The molecule has 1 aromatic rings. The average molecular weight is 304 g/mol. The van der Waals surface area contributed by atoms with Crippen molar-refractivity contribution in [3.8, 4) is 0 Å². The quantitative estimate of drug-likeness (QED) is 0.439. The minimum absolute atomic E-state index is 0.353. The Morgan fingerprint density at radius 1 is 0.870 bits per heavy atom. The lowest BCUT2D eigenvalue weighted by Gasteiger charge is -2.02. The van der Waals surface area contributed by atoms with Crippen LogP contribution in [0.2, 0.25) is 0 Å². The van der Waals surface area contributed by atoms with Crippen LogP contribution in [0.3, 0.4) is 0 Å². The van der Waals surface area contributed by atoms with Crippen molar-refractivity contribution < 1.29 is 4.42 Å². The van der Waals surface area contributed by atoms with Crippen molar-refractivity contribution in [2.75, 3.05) is 0 Å². The van der Waals surface area contributed by atoms with Crippen molar-refractivity contribution in [2.24, 2.45) is 15.4 Å². The van der Waals surface area contributed by atoms with Crippen LogP contribution in [-0.4, -0.2) is 21.6 Å². The molecule has 0 aliphatic heterocycles. The number of nitrogens with zero attached hydrogens (tertiary/aromatic N) is 8. The predicted molar refractivity (Wildman–Crippen MR) is 82.7 cm³/mol. The highest BCUT2D eigenvalue weighted by atomic mass is 16.4. The van der Waals surface area contributed by atoms with Gasteiger partial charge < -0.3 is 15.0 Å². The van der Waals surface area contributed by atoms with Crippen molar-refractivity contribution in [3.05, 3.63) is 70.3 Å². The molecule has 1 aromatic heterocycles. The lowest BCUT2D eigenvalue weighted by molar-refractivity contribution is 0.483. The maximum absolute atomic E-state index is 8.38. The fourth-order valence-corrected chi connectivity index (χ4v) is 1.90. The molecule has 0 saturated carbocycles. The van der Waals surface area contributed by atoms with E-state index in [0.717, 1.165) is 0 Å². The Hall–Kier alpha value is -3.80. The van der Waals surface area contributed by atoms with Gasteiger partial charge in [-0.25, -0.2) is 0 Å². The zero-order valence-electron chi connectivity index (χ0n) is 11.6. The molecule has 2 aliphatic carbocycles. The second-order valence-electron chi connectivity index (χ2n) is 4.39. The molecule has 0 amide bonds. The number of allylic oxidation sites excluding steroid dienone is 8. The first-order valence-electron chi connectivity index (χ1n) is 6.45. The summed E-state index contributed by atoms with van der Waals surface area (Å²) in [5.74, 6) is 0. The van der Waals surface area contributed by atoms with Crippen LogP contribution in [-0.2, 0) is 0 Å². The van der Waals surface area contributed by atoms with Gasteiger partial charge in [-0.2, -0.15) is 0 Å². The van der Waals surface area contributed by atoms with Crippen LogP contribution < -0.4 is 11.1 Å². The van der Waals surface area contributed by atoms with Gasteiger partial charge in [0.05, 0.1) is 0 Å². The predicted octanol–water partition coefficient (Wildman–Crippen LogP) is 1.21. The molecule has 3 rings (SSSR count). The number of hydrogen-bond donors (Lipinski definition) is 0. The van der Waals surface area contributed by atoms with Gasteiger partial charge in [0.1, 0.15) is 0 Å². The van der Waals surface area contributed by atoms with E-state index in [4.69, 9.17) is 15.3 Å². The number of hydrogen-bond acceptors (Lipinski definition) is 6. The SMILES string of the molecule is N#[N+]N=C1C=CC(=c2nnc(=C3C=CC(=NN=[N-])C=C3)o2)C=C1. The van der Waals surface area contributed by atoms with Gasteiger partial charge in [-0.1, -0.05) is 12.2 Å². The highest BCUT2D eigenvalue weighted by Gasteiger charge is 2.06. The lowest BCUT2D eigenvalue weighted by atomic mass is 10.1. The molecule has 9 heteroatoms. The topological polar surface area (TPSA) is 126 Å². The first-order valence-corrected chi connectivity index (χ1v) is 6.45. The van der Waals surface area contributed by atoms with Gasteiger partial charge in [0.15, 0.2) is 10.8 Å². The van der Waals surface area contributed by atoms with E-state index in [-0.39, 0.29) is 0 Å². The third kappa shape index (κ3) is 3.11. The summed E-state index contributed by atoms with van der Waals surface area (Å²) in [6, 6.07) is 0. The molecule has 1 heterocycles. The van der Waals surface area contributed by atoms with E-state index in [0.29, 0.717) is 33.7 Å². The van der Waals surface area contributed by atoms with E-state index in [1.165, 1.54) is 0 Å². The Bertz CT molecular complexity index is 958. The zero-order chi connectivity index (χ0) is 16.1. The minimum Gasteiger partial charge on any atom is -0.416 e. The summed E-state index contributed by atoms with van der Waals surface area (Å²) in [7, 11) is 0. The Morgan fingerprint density at radius 2 is 1.39 bits per heavy atom. The zero-order valence-corrected chi connectivity index (χ0v) is 11.6. The van der Waals surface area contributed by atoms with Gasteiger partial charge in [0, 0.05) is 11.1 Å². The summed E-state index contributed by atoms with van der Waals surface area (Å²) in [5.41, 5.74) is 11.5. The molecule has 0 fully saturated rings. The van der Waals surface area contributed by atoms with Gasteiger partial charge in [0.25, 0.3) is 5.39 Å². The van der Waals surface area contributed by atoms with Crippen LogP contribution in [0, 0.1) is 5.39 Å². The summed E-state index contributed by atoms with van der Waals surface area (Å²) in [6.45, 7) is 0. The Morgan fingerprint density at radius 3 is 1.87 bits per heavy atom. The molecule has 23 heavy (non-hydrogen) atoms. The number of diazo groups is 1. The van der Waals surface area contributed by atoms with E-state index in [1.54, 1.807) is 48.6 Å². The first kappa shape index (κ1) is 14.2.